The Morgan fingerprint density at radius 2 is 1.87 bits per heavy atom. The maximum Gasteiger partial charge on any atom is 0.261 e. The summed E-state index contributed by atoms with van der Waals surface area (Å²) in [6.45, 7) is 2.06. The van der Waals surface area contributed by atoms with Crippen LogP contribution in [-0.2, 0) is 9.59 Å². The van der Waals surface area contributed by atoms with Gasteiger partial charge in [-0.05, 0) is 49.1 Å². The molecule has 3 unspecified atom stereocenters. The maximum absolute atomic E-state index is 13.4. The second-order valence-corrected chi connectivity index (χ2v) is 9.92. The third kappa shape index (κ3) is 5.34. The fourth-order valence-electron chi connectivity index (χ4n) is 4.34. The van der Waals surface area contributed by atoms with Crippen LogP contribution in [0.5, 0.6) is 0 Å². The predicted octanol–water partition coefficient (Wildman–Crippen LogP) is 5.44. The number of carbonyl (C=O) groups is 2. The second kappa shape index (κ2) is 9.92. The molecule has 162 valence electrons. The lowest BCUT2D eigenvalue weighted by Crippen LogP contribution is -2.54. The number of rotatable bonds is 5. The molecule has 2 aliphatic rings. The fraction of sp³-hybridized carbons (Fsp3) is 0.360. The summed E-state index contributed by atoms with van der Waals surface area (Å²) in [4.78, 5) is 28.7. The molecule has 3 atom stereocenters. The lowest BCUT2D eigenvalue weighted by Gasteiger charge is -2.44. The van der Waals surface area contributed by atoms with Crippen molar-refractivity contribution in [2.75, 3.05) is 6.54 Å². The predicted molar refractivity (Wildman–Crippen MR) is 128 cm³/mol. The number of nitrogens with zero attached hydrogens (tertiary/aromatic N) is 1. The van der Waals surface area contributed by atoms with Crippen molar-refractivity contribution in [3.63, 3.8) is 0 Å². The van der Waals surface area contributed by atoms with Crippen LogP contribution in [0.15, 0.2) is 59.5 Å². The molecule has 4 rings (SSSR count). The number of carbonyl (C=O) groups excluding carboxylic acids is 2. The van der Waals surface area contributed by atoms with Crippen molar-refractivity contribution in [2.45, 2.75) is 49.9 Å². The second-order valence-electron chi connectivity index (χ2n) is 8.20. The summed E-state index contributed by atoms with van der Waals surface area (Å²) in [6, 6.07) is 17.4. The van der Waals surface area contributed by atoms with Crippen LogP contribution in [0.2, 0.25) is 5.02 Å². The molecular weight excluding hydrogens is 428 g/mol. The standard InChI is InChI=1S/C25H27ClN2O2S/c1-17(19-7-3-2-4-8-19)27-24(29)16-28-21-9-5-6-10-22(21)31-23(25(28)30)15-18-11-13-20(26)14-12-18/h2-4,7-8,11-15,17,21-22H,5-6,9-10,16H2,1H3,(H,27,29)/b23-15+. The molecule has 1 aliphatic carbocycles. The minimum atomic E-state index is -0.119. The van der Waals surface area contributed by atoms with Gasteiger partial charge in [0.2, 0.25) is 5.91 Å². The van der Waals surface area contributed by atoms with Crippen molar-refractivity contribution in [1.82, 2.24) is 10.2 Å². The molecule has 31 heavy (non-hydrogen) atoms. The van der Waals surface area contributed by atoms with E-state index in [2.05, 4.69) is 5.32 Å². The van der Waals surface area contributed by atoms with E-state index in [0.29, 0.717) is 15.2 Å². The van der Waals surface area contributed by atoms with Gasteiger partial charge in [0.1, 0.15) is 6.54 Å². The molecule has 0 spiro atoms. The zero-order valence-electron chi connectivity index (χ0n) is 17.6. The van der Waals surface area contributed by atoms with E-state index in [1.165, 1.54) is 6.42 Å². The monoisotopic (exact) mass is 454 g/mol. The molecule has 2 aromatic carbocycles. The summed E-state index contributed by atoms with van der Waals surface area (Å²) >= 11 is 7.66. The molecule has 4 nitrogen and oxygen atoms in total. The van der Waals surface area contributed by atoms with E-state index in [9.17, 15) is 9.59 Å². The van der Waals surface area contributed by atoms with Crippen molar-refractivity contribution in [1.29, 1.82) is 0 Å². The highest BCUT2D eigenvalue weighted by Gasteiger charge is 2.41. The Bertz CT molecular complexity index is 961. The fourth-order valence-corrected chi connectivity index (χ4v) is 5.94. The van der Waals surface area contributed by atoms with Gasteiger partial charge in [-0.15, -0.1) is 11.8 Å². The number of benzene rings is 2. The highest BCUT2D eigenvalue weighted by Crippen LogP contribution is 2.42. The Morgan fingerprint density at radius 3 is 2.61 bits per heavy atom. The number of fused-ring (bicyclic) bond motifs is 1. The van der Waals surface area contributed by atoms with E-state index < -0.39 is 0 Å². The SMILES string of the molecule is CC(NC(=O)CN1C(=O)/C(=C\c2ccc(Cl)cc2)SC2CCCCC21)c1ccccc1. The first kappa shape index (κ1) is 22.0. The van der Waals surface area contributed by atoms with E-state index in [0.717, 1.165) is 30.4 Å². The molecule has 1 aliphatic heterocycles. The van der Waals surface area contributed by atoms with E-state index in [1.807, 2.05) is 67.6 Å². The van der Waals surface area contributed by atoms with Crippen LogP contribution >= 0.6 is 23.4 Å². The van der Waals surface area contributed by atoms with Crippen molar-refractivity contribution < 1.29 is 9.59 Å². The number of thioether (sulfide) groups is 1. The van der Waals surface area contributed by atoms with Gasteiger partial charge < -0.3 is 10.2 Å². The molecule has 0 bridgehead atoms. The number of hydrogen-bond donors (Lipinski definition) is 1. The first-order chi connectivity index (χ1) is 15.0. The average molecular weight is 455 g/mol. The van der Waals surface area contributed by atoms with Gasteiger partial charge in [0.15, 0.2) is 0 Å². The van der Waals surface area contributed by atoms with Crippen LogP contribution in [0.25, 0.3) is 6.08 Å². The average Bonchev–Trinajstić information content (AvgIpc) is 2.78. The van der Waals surface area contributed by atoms with Gasteiger partial charge in [0, 0.05) is 16.3 Å². The van der Waals surface area contributed by atoms with Crippen molar-refractivity contribution in [2.24, 2.45) is 0 Å². The quantitative estimate of drug-likeness (QED) is 0.611. The minimum Gasteiger partial charge on any atom is -0.348 e. The van der Waals surface area contributed by atoms with Crippen molar-refractivity contribution >= 4 is 41.3 Å². The van der Waals surface area contributed by atoms with Crippen LogP contribution in [0.3, 0.4) is 0 Å². The summed E-state index contributed by atoms with van der Waals surface area (Å²) in [5.74, 6) is -0.169. The molecule has 0 radical (unpaired) electrons. The van der Waals surface area contributed by atoms with Crippen LogP contribution in [0.1, 0.15) is 49.8 Å². The maximum atomic E-state index is 13.4. The summed E-state index contributed by atoms with van der Waals surface area (Å²) in [6.07, 6.45) is 6.22. The molecular formula is C25H27ClN2O2S. The first-order valence-corrected chi connectivity index (χ1v) is 12.1. The van der Waals surface area contributed by atoms with Gasteiger partial charge >= 0.3 is 0 Å². The highest BCUT2D eigenvalue weighted by molar-refractivity contribution is 8.04. The molecule has 2 amide bonds. The van der Waals surface area contributed by atoms with Crippen LogP contribution in [-0.4, -0.2) is 34.6 Å². The topological polar surface area (TPSA) is 49.4 Å². The van der Waals surface area contributed by atoms with E-state index in [-0.39, 0.29) is 30.4 Å². The minimum absolute atomic E-state index is 0.0504. The van der Waals surface area contributed by atoms with Gasteiger partial charge in [0.25, 0.3) is 5.91 Å². The number of hydrogen-bond acceptors (Lipinski definition) is 3. The molecule has 0 aromatic heterocycles. The number of amides is 2. The van der Waals surface area contributed by atoms with Gasteiger partial charge in [0.05, 0.1) is 10.9 Å². The van der Waals surface area contributed by atoms with Gasteiger partial charge in [-0.3, -0.25) is 9.59 Å². The van der Waals surface area contributed by atoms with Crippen LogP contribution < -0.4 is 5.32 Å². The Labute approximate surface area is 193 Å². The van der Waals surface area contributed by atoms with E-state index in [1.54, 1.807) is 16.7 Å². The van der Waals surface area contributed by atoms with E-state index >= 15 is 0 Å². The summed E-state index contributed by atoms with van der Waals surface area (Å²) in [7, 11) is 0. The molecule has 1 N–H and O–H groups in total. The number of halogens is 1. The Hall–Kier alpha value is -2.24. The number of nitrogens with one attached hydrogen (secondary N) is 1. The normalized spacial score (nSPS) is 23.4. The summed E-state index contributed by atoms with van der Waals surface area (Å²) in [5.41, 5.74) is 1.99. The third-order valence-corrected chi connectivity index (χ3v) is 7.63. The third-order valence-electron chi connectivity index (χ3n) is 5.98. The highest BCUT2D eigenvalue weighted by atomic mass is 35.5. The molecule has 1 saturated heterocycles. The lowest BCUT2D eigenvalue weighted by atomic mass is 9.93. The van der Waals surface area contributed by atoms with Crippen LogP contribution in [0.4, 0.5) is 0 Å². The summed E-state index contributed by atoms with van der Waals surface area (Å²) < 4.78 is 0. The smallest absolute Gasteiger partial charge is 0.261 e. The van der Waals surface area contributed by atoms with Gasteiger partial charge in [-0.1, -0.05) is 66.9 Å². The Balaban J connectivity index is 1.51. The van der Waals surface area contributed by atoms with E-state index in [4.69, 9.17) is 11.6 Å². The van der Waals surface area contributed by atoms with Crippen LogP contribution in [0, 0.1) is 0 Å². The Kier molecular flexibility index (Phi) is 7.03. The first-order valence-electron chi connectivity index (χ1n) is 10.8. The molecule has 1 heterocycles. The lowest BCUT2D eigenvalue weighted by molar-refractivity contribution is -0.135. The van der Waals surface area contributed by atoms with Crippen molar-refractivity contribution in [3.05, 3.63) is 75.7 Å². The van der Waals surface area contributed by atoms with Gasteiger partial charge in [-0.2, -0.15) is 0 Å². The molecule has 6 heteroatoms. The molecule has 1 saturated carbocycles. The summed E-state index contributed by atoms with van der Waals surface area (Å²) in [5, 5.41) is 4.06. The van der Waals surface area contributed by atoms with Gasteiger partial charge in [-0.25, -0.2) is 0 Å². The molecule has 2 aromatic rings. The zero-order chi connectivity index (χ0) is 21.8. The zero-order valence-corrected chi connectivity index (χ0v) is 19.2. The Morgan fingerprint density at radius 1 is 1.16 bits per heavy atom. The molecule has 2 fully saturated rings. The van der Waals surface area contributed by atoms with Crippen molar-refractivity contribution in [3.8, 4) is 0 Å². The largest absolute Gasteiger partial charge is 0.348 e.